The van der Waals surface area contributed by atoms with Crippen LogP contribution in [-0.4, -0.2) is 35.9 Å². The second-order valence-corrected chi connectivity index (χ2v) is 6.93. The van der Waals surface area contributed by atoms with Crippen LogP contribution in [0.2, 0.25) is 0 Å². The van der Waals surface area contributed by atoms with Gasteiger partial charge < -0.3 is 19.0 Å². The van der Waals surface area contributed by atoms with Gasteiger partial charge in [-0.3, -0.25) is 4.79 Å². The summed E-state index contributed by atoms with van der Waals surface area (Å²) >= 11 is 0. The van der Waals surface area contributed by atoms with Gasteiger partial charge in [0.2, 0.25) is 0 Å². The molecule has 100 valence electrons. The van der Waals surface area contributed by atoms with Crippen molar-refractivity contribution in [3.05, 3.63) is 35.4 Å². The molecule has 0 radical (unpaired) electrons. The van der Waals surface area contributed by atoms with E-state index in [-0.39, 0.29) is 5.78 Å². The smallest absolute Gasteiger partial charge is 0.376 e. The molecule has 0 heterocycles. The highest BCUT2D eigenvalue weighted by Gasteiger charge is 2.46. The van der Waals surface area contributed by atoms with E-state index < -0.39 is 14.5 Å². The molecular formula is C12H19NO4Si. The van der Waals surface area contributed by atoms with E-state index in [0.717, 1.165) is 5.56 Å². The molecule has 18 heavy (non-hydrogen) atoms. The van der Waals surface area contributed by atoms with Crippen LogP contribution in [-0.2, 0) is 13.3 Å². The quantitative estimate of drug-likeness (QED) is 0.623. The summed E-state index contributed by atoms with van der Waals surface area (Å²) in [5.41, 5.74) is 7.11. The van der Waals surface area contributed by atoms with Gasteiger partial charge in [0, 0.05) is 26.9 Å². The lowest BCUT2D eigenvalue weighted by Crippen LogP contribution is -2.52. The van der Waals surface area contributed by atoms with E-state index in [1.165, 1.54) is 28.3 Å². The van der Waals surface area contributed by atoms with E-state index in [9.17, 15) is 4.79 Å². The minimum absolute atomic E-state index is 0.0175. The van der Waals surface area contributed by atoms with E-state index in [2.05, 4.69) is 0 Å². The standard InChI is InChI=1S/C12H19NO4Si/c1-9(14)10-5-7-11(8-6-10)12(13)18(15-2,16-3)17-4/h5-8,12H,13H2,1-4H3. The van der Waals surface area contributed by atoms with E-state index in [4.69, 9.17) is 19.0 Å². The summed E-state index contributed by atoms with van der Waals surface area (Å²) in [6.45, 7) is 1.52. The van der Waals surface area contributed by atoms with Crippen LogP contribution in [0.1, 0.15) is 28.5 Å². The van der Waals surface area contributed by atoms with Gasteiger partial charge in [0.25, 0.3) is 0 Å². The van der Waals surface area contributed by atoms with Gasteiger partial charge in [0.15, 0.2) is 5.78 Å². The first kappa shape index (κ1) is 15.0. The van der Waals surface area contributed by atoms with Gasteiger partial charge in [0.05, 0.1) is 0 Å². The Kier molecular flexibility index (Phi) is 5.18. The van der Waals surface area contributed by atoms with Crippen molar-refractivity contribution in [3.63, 3.8) is 0 Å². The van der Waals surface area contributed by atoms with Crippen molar-refractivity contribution in [2.24, 2.45) is 5.73 Å². The molecule has 0 amide bonds. The average Bonchev–Trinajstić information content (AvgIpc) is 2.41. The van der Waals surface area contributed by atoms with Crippen molar-refractivity contribution in [1.29, 1.82) is 0 Å². The Morgan fingerprint density at radius 1 is 1.11 bits per heavy atom. The number of benzene rings is 1. The largest absolute Gasteiger partial charge is 0.522 e. The van der Waals surface area contributed by atoms with Crippen molar-refractivity contribution >= 4 is 14.6 Å². The Hall–Kier alpha value is -1.05. The number of rotatable bonds is 6. The van der Waals surface area contributed by atoms with Gasteiger partial charge >= 0.3 is 8.80 Å². The number of hydrogen-bond acceptors (Lipinski definition) is 5. The topological polar surface area (TPSA) is 70.8 Å². The predicted octanol–water partition coefficient (Wildman–Crippen LogP) is 1.31. The first-order chi connectivity index (χ1) is 8.50. The number of hydrogen-bond donors (Lipinski definition) is 1. The molecule has 0 fully saturated rings. The number of Topliss-reactive ketones (excluding diaryl/α,β-unsaturated/α-hetero) is 1. The van der Waals surface area contributed by atoms with E-state index in [1.807, 2.05) is 0 Å². The molecule has 1 rings (SSSR count). The number of ketones is 1. The third kappa shape index (κ3) is 2.85. The zero-order chi connectivity index (χ0) is 13.8. The van der Waals surface area contributed by atoms with Gasteiger partial charge in [0.1, 0.15) is 5.67 Å². The van der Waals surface area contributed by atoms with Crippen LogP contribution in [0.3, 0.4) is 0 Å². The van der Waals surface area contributed by atoms with Crippen LogP contribution in [0, 0.1) is 0 Å². The summed E-state index contributed by atoms with van der Waals surface area (Å²) in [6, 6.07) is 7.05. The summed E-state index contributed by atoms with van der Waals surface area (Å²) in [4.78, 5) is 11.2. The molecule has 1 atom stereocenters. The Bertz CT molecular complexity index is 395. The fourth-order valence-electron chi connectivity index (χ4n) is 1.76. The van der Waals surface area contributed by atoms with Crippen LogP contribution in [0.5, 0.6) is 0 Å². The first-order valence-electron chi connectivity index (χ1n) is 5.52. The second-order valence-electron chi connectivity index (χ2n) is 3.87. The molecule has 0 aliphatic carbocycles. The summed E-state index contributed by atoms with van der Waals surface area (Å²) in [5, 5.41) is 0. The SMILES string of the molecule is CO[Si](OC)(OC)C(N)c1ccc(C(C)=O)cc1. The second kappa shape index (κ2) is 6.21. The molecule has 0 spiro atoms. The fourth-order valence-corrected chi connectivity index (χ4v) is 3.62. The maximum Gasteiger partial charge on any atom is 0.522 e. The molecule has 0 aliphatic rings. The molecule has 0 saturated heterocycles. The summed E-state index contributed by atoms with van der Waals surface area (Å²) in [5.74, 6) is 0.0175. The third-order valence-electron chi connectivity index (χ3n) is 2.91. The molecule has 1 unspecified atom stereocenters. The van der Waals surface area contributed by atoms with Gasteiger partial charge in [-0.2, -0.15) is 0 Å². The van der Waals surface area contributed by atoms with Crippen molar-refractivity contribution in [2.45, 2.75) is 12.6 Å². The van der Waals surface area contributed by atoms with Gasteiger partial charge in [-0.15, -0.1) is 0 Å². The molecule has 0 aromatic heterocycles. The number of nitrogens with two attached hydrogens (primary N) is 1. The van der Waals surface area contributed by atoms with Crippen molar-refractivity contribution in [2.75, 3.05) is 21.3 Å². The lowest BCUT2D eigenvalue weighted by atomic mass is 10.1. The summed E-state index contributed by atoms with van der Waals surface area (Å²) in [7, 11) is 1.64. The zero-order valence-corrected chi connectivity index (χ0v) is 12.1. The number of carbonyl (C=O) groups is 1. The van der Waals surface area contributed by atoms with Crippen LogP contribution < -0.4 is 5.73 Å². The van der Waals surface area contributed by atoms with E-state index in [1.54, 1.807) is 24.3 Å². The minimum atomic E-state index is -2.91. The minimum Gasteiger partial charge on any atom is -0.376 e. The lowest BCUT2D eigenvalue weighted by Gasteiger charge is -2.30. The zero-order valence-electron chi connectivity index (χ0n) is 11.1. The van der Waals surface area contributed by atoms with Crippen molar-refractivity contribution in [1.82, 2.24) is 0 Å². The van der Waals surface area contributed by atoms with Crippen molar-refractivity contribution in [3.8, 4) is 0 Å². The molecule has 5 nitrogen and oxygen atoms in total. The maximum atomic E-state index is 11.2. The molecule has 1 aromatic carbocycles. The normalized spacial score (nSPS) is 13.4. The van der Waals surface area contributed by atoms with Gasteiger partial charge in [-0.1, -0.05) is 24.3 Å². The summed E-state index contributed by atoms with van der Waals surface area (Å²) < 4.78 is 16.0. The molecular weight excluding hydrogens is 250 g/mol. The van der Waals surface area contributed by atoms with Crippen LogP contribution in [0.15, 0.2) is 24.3 Å². The first-order valence-corrected chi connectivity index (χ1v) is 7.33. The van der Waals surface area contributed by atoms with Crippen molar-refractivity contribution < 1.29 is 18.1 Å². The Morgan fingerprint density at radius 2 is 1.56 bits per heavy atom. The third-order valence-corrected chi connectivity index (χ3v) is 5.71. The number of carbonyl (C=O) groups excluding carboxylic acids is 1. The van der Waals surface area contributed by atoms with Crippen LogP contribution in [0.4, 0.5) is 0 Å². The molecule has 0 aliphatic heterocycles. The van der Waals surface area contributed by atoms with Gasteiger partial charge in [-0.25, -0.2) is 0 Å². The highest BCUT2D eigenvalue weighted by Crippen LogP contribution is 2.24. The molecule has 2 N–H and O–H groups in total. The fraction of sp³-hybridized carbons (Fsp3) is 0.417. The Balaban J connectivity index is 3.02. The molecule has 6 heteroatoms. The lowest BCUT2D eigenvalue weighted by molar-refractivity contribution is 0.101. The van der Waals surface area contributed by atoms with Crippen LogP contribution >= 0.6 is 0 Å². The average molecular weight is 269 g/mol. The monoisotopic (exact) mass is 269 g/mol. The highest BCUT2D eigenvalue weighted by molar-refractivity contribution is 6.62. The highest BCUT2D eigenvalue weighted by atomic mass is 28.4. The Labute approximate surface area is 108 Å². The molecule has 0 saturated carbocycles. The summed E-state index contributed by atoms with van der Waals surface area (Å²) in [6.07, 6.45) is 0. The predicted molar refractivity (Wildman–Crippen MR) is 70.2 cm³/mol. The maximum absolute atomic E-state index is 11.2. The Morgan fingerprint density at radius 3 is 1.89 bits per heavy atom. The van der Waals surface area contributed by atoms with E-state index in [0.29, 0.717) is 5.56 Å². The molecule has 1 aromatic rings. The van der Waals surface area contributed by atoms with Crippen LogP contribution in [0.25, 0.3) is 0 Å². The van der Waals surface area contributed by atoms with E-state index >= 15 is 0 Å². The van der Waals surface area contributed by atoms with Gasteiger partial charge in [-0.05, 0) is 12.5 Å². The molecule has 0 bridgehead atoms.